The standard InChI is InChI=1S/C14H16N4O2/c19-14(13-9-20-7-5-16-13)17-11-2-1-3-12(8-11)18-6-4-15-10-18/h1-4,6,8,10,13,16H,5,7,9H2,(H,17,19). The SMILES string of the molecule is O=C(Nc1cccc(-n2ccnc2)c1)C1COCCN1. The molecule has 1 aliphatic rings. The quantitative estimate of drug-likeness (QED) is 0.867. The molecule has 0 radical (unpaired) electrons. The summed E-state index contributed by atoms with van der Waals surface area (Å²) in [5.41, 5.74) is 1.71. The van der Waals surface area contributed by atoms with Gasteiger partial charge in [-0.1, -0.05) is 6.07 Å². The molecule has 1 aliphatic heterocycles. The summed E-state index contributed by atoms with van der Waals surface area (Å²) < 4.78 is 7.17. The molecule has 6 heteroatoms. The van der Waals surface area contributed by atoms with Crippen molar-refractivity contribution in [2.45, 2.75) is 6.04 Å². The summed E-state index contributed by atoms with van der Waals surface area (Å²) in [7, 11) is 0. The predicted molar refractivity (Wildman–Crippen MR) is 74.8 cm³/mol. The average molecular weight is 272 g/mol. The zero-order valence-corrected chi connectivity index (χ0v) is 11.0. The fraction of sp³-hybridized carbons (Fsp3) is 0.286. The molecule has 1 amide bonds. The number of nitrogens with one attached hydrogen (secondary N) is 2. The van der Waals surface area contributed by atoms with Crippen molar-refractivity contribution < 1.29 is 9.53 Å². The molecule has 1 atom stereocenters. The number of carbonyl (C=O) groups excluding carboxylic acids is 1. The second-order valence-corrected chi connectivity index (χ2v) is 4.59. The van der Waals surface area contributed by atoms with Gasteiger partial charge in [-0.15, -0.1) is 0 Å². The summed E-state index contributed by atoms with van der Waals surface area (Å²) in [6, 6.07) is 7.33. The molecule has 1 fully saturated rings. The van der Waals surface area contributed by atoms with Gasteiger partial charge < -0.3 is 19.9 Å². The summed E-state index contributed by atoms with van der Waals surface area (Å²) in [4.78, 5) is 16.1. The molecule has 3 rings (SSSR count). The highest BCUT2D eigenvalue weighted by Gasteiger charge is 2.21. The zero-order valence-electron chi connectivity index (χ0n) is 11.0. The third-order valence-corrected chi connectivity index (χ3v) is 3.15. The van der Waals surface area contributed by atoms with Crippen LogP contribution < -0.4 is 10.6 Å². The molecule has 1 unspecified atom stereocenters. The molecule has 0 bridgehead atoms. The topological polar surface area (TPSA) is 68.2 Å². The van der Waals surface area contributed by atoms with Gasteiger partial charge in [0.05, 0.1) is 19.5 Å². The van der Waals surface area contributed by atoms with Crippen LogP contribution in [-0.4, -0.2) is 41.3 Å². The number of morpholine rings is 1. The molecule has 2 heterocycles. The van der Waals surface area contributed by atoms with Gasteiger partial charge in [0.1, 0.15) is 6.04 Å². The van der Waals surface area contributed by atoms with Gasteiger partial charge in [-0.05, 0) is 18.2 Å². The zero-order chi connectivity index (χ0) is 13.8. The van der Waals surface area contributed by atoms with E-state index in [-0.39, 0.29) is 11.9 Å². The lowest BCUT2D eigenvalue weighted by molar-refractivity contribution is -0.120. The number of aromatic nitrogens is 2. The third-order valence-electron chi connectivity index (χ3n) is 3.15. The first kappa shape index (κ1) is 12.8. The summed E-state index contributed by atoms with van der Waals surface area (Å²) in [5.74, 6) is -0.0764. The summed E-state index contributed by atoms with van der Waals surface area (Å²) >= 11 is 0. The highest BCUT2D eigenvalue weighted by Crippen LogP contribution is 2.14. The van der Waals surface area contributed by atoms with Crippen LogP contribution in [0.3, 0.4) is 0 Å². The molecule has 1 saturated heterocycles. The van der Waals surface area contributed by atoms with E-state index in [9.17, 15) is 4.79 Å². The van der Waals surface area contributed by atoms with Crippen molar-refractivity contribution in [1.82, 2.24) is 14.9 Å². The number of ether oxygens (including phenoxy) is 1. The van der Waals surface area contributed by atoms with Crippen LogP contribution in [0, 0.1) is 0 Å². The smallest absolute Gasteiger partial charge is 0.243 e. The average Bonchev–Trinajstić information content (AvgIpc) is 3.03. The van der Waals surface area contributed by atoms with E-state index in [0.29, 0.717) is 19.8 Å². The van der Waals surface area contributed by atoms with Crippen molar-refractivity contribution in [3.05, 3.63) is 43.0 Å². The maximum Gasteiger partial charge on any atom is 0.243 e. The summed E-state index contributed by atoms with van der Waals surface area (Å²) in [6.07, 6.45) is 5.30. The van der Waals surface area contributed by atoms with Crippen molar-refractivity contribution in [2.75, 3.05) is 25.1 Å². The number of rotatable bonds is 3. The number of nitrogens with zero attached hydrogens (tertiary/aromatic N) is 2. The van der Waals surface area contributed by atoms with Gasteiger partial charge in [0.25, 0.3) is 0 Å². The van der Waals surface area contributed by atoms with Crippen molar-refractivity contribution in [1.29, 1.82) is 0 Å². The molecule has 2 aromatic rings. The maximum atomic E-state index is 12.1. The number of hydrogen-bond donors (Lipinski definition) is 2. The number of imidazole rings is 1. The molecule has 0 saturated carbocycles. The molecular weight excluding hydrogens is 256 g/mol. The molecular formula is C14H16N4O2. The van der Waals surface area contributed by atoms with Gasteiger partial charge in [0.15, 0.2) is 0 Å². The van der Waals surface area contributed by atoms with Crippen LogP contribution in [0.15, 0.2) is 43.0 Å². The van der Waals surface area contributed by atoms with Gasteiger partial charge in [0.2, 0.25) is 5.91 Å². The number of benzene rings is 1. The van der Waals surface area contributed by atoms with Crippen molar-refractivity contribution >= 4 is 11.6 Å². The Morgan fingerprint density at radius 1 is 1.50 bits per heavy atom. The number of amides is 1. The Morgan fingerprint density at radius 3 is 3.20 bits per heavy atom. The fourth-order valence-corrected chi connectivity index (χ4v) is 2.12. The van der Waals surface area contributed by atoms with Crippen LogP contribution in [-0.2, 0) is 9.53 Å². The molecule has 20 heavy (non-hydrogen) atoms. The first-order valence-corrected chi connectivity index (χ1v) is 6.53. The summed E-state index contributed by atoms with van der Waals surface area (Å²) in [6.45, 7) is 1.76. The van der Waals surface area contributed by atoms with E-state index in [4.69, 9.17) is 4.74 Å². The Hall–Kier alpha value is -2.18. The van der Waals surface area contributed by atoms with Gasteiger partial charge in [-0.3, -0.25) is 4.79 Å². The molecule has 0 spiro atoms. The minimum atomic E-state index is -0.291. The molecule has 104 valence electrons. The van der Waals surface area contributed by atoms with E-state index in [1.165, 1.54) is 0 Å². The molecule has 6 nitrogen and oxygen atoms in total. The molecule has 0 aliphatic carbocycles. The predicted octanol–water partition coefficient (Wildman–Crippen LogP) is 0.799. The van der Waals surface area contributed by atoms with Crippen molar-refractivity contribution in [3.63, 3.8) is 0 Å². The Kier molecular flexibility index (Phi) is 3.76. The second kappa shape index (κ2) is 5.85. The minimum absolute atomic E-state index is 0.0764. The van der Waals surface area contributed by atoms with Crippen LogP contribution in [0.4, 0.5) is 5.69 Å². The lowest BCUT2D eigenvalue weighted by Gasteiger charge is -2.23. The molecule has 1 aromatic carbocycles. The Morgan fingerprint density at radius 2 is 2.45 bits per heavy atom. The monoisotopic (exact) mass is 272 g/mol. The Bertz CT molecular complexity index is 577. The van der Waals surface area contributed by atoms with Crippen LogP contribution in [0.1, 0.15) is 0 Å². The van der Waals surface area contributed by atoms with E-state index >= 15 is 0 Å². The number of hydrogen-bond acceptors (Lipinski definition) is 4. The van der Waals surface area contributed by atoms with E-state index < -0.39 is 0 Å². The minimum Gasteiger partial charge on any atom is -0.378 e. The van der Waals surface area contributed by atoms with E-state index in [1.54, 1.807) is 12.5 Å². The van der Waals surface area contributed by atoms with Crippen molar-refractivity contribution in [3.8, 4) is 5.69 Å². The van der Waals surface area contributed by atoms with Crippen LogP contribution in [0.5, 0.6) is 0 Å². The van der Waals surface area contributed by atoms with Gasteiger partial charge >= 0.3 is 0 Å². The van der Waals surface area contributed by atoms with Gasteiger partial charge in [-0.25, -0.2) is 4.98 Å². The highest BCUT2D eigenvalue weighted by atomic mass is 16.5. The maximum absolute atomic E-state index is 12.1. The largest absolute Gasteiger partial charge is 0.378 e. The van der Waals surface area contributed by atoms with Crippen molar-refractivity contribution in [2.24, 2.45) is 0 Å². The Balaban J connectivity index is 1.71. The first-order valence-electron chi connectivity index (χ1n) is 6.53. The fourth-order valence-electron chi connectivity index (χ4n) is 2.12. The number of carbonyl (C=O) groups is 1. The third kappa shape index (κ3) is 2.87. The highest BCUT2D eigenvalue weighted by molar-refractivity contribution is 5.95. The lowest BCUT2D eigenvalue weighted by atomic mass is 10.2. The van der Waals surface area contributed by atoms with E-state index in [0.717, 1.165) is 11.4 Å². The summed E-state index contributed by atoms with van der Waals surface area (Å²) in [5, 5.41) is 6.03. The molecule has 1 aromatic heterocycles. The van der Waals surface area contributed by atoms with E-state index in [2.05, 4.69) is 15.6 Å². The van der Waals surface area contributed by atoms with Crippen LogP contribution >= 0.6 is 0 Å². The van der Waals surface area contributed by atoms with Gasteiger partial charge in [0, 0.05) is 30.3 Å². The second-order valence-electron chi connectivity index (χ2n) is 4.59. The lowest BCUT2D eigenvalue weighted by Crippen LogP contribution is -2.48. The number of anilines is 1. The normalized spacial score (nSPS) is 18.7. The molecule has 2 N–H and O–H groups in total. The first-order chi connectivity index (χ1) is 9.83. The van der Waals surface area contributed by atoms with Gasteiger partial charge in [-0.2, -0.15) is 0 Å². The van der Waals surface area contributed by atoms with E-state index in [1.807, 2.05) is 35.0 Å². The van der Waals surface area contributed by atoms with Crippen LogP contribution in [0.2, 0.25) is 0 Å². The Labute approximate surface area is 116 Å². The van der Waals surface area contributed by atoms with Crippen LogP contribution in [0.25, 0.3) is 5.69 Å².